The van der Waals surface area contributed by atoms with Gasteiger partial charge >= 0.3 is 6.09 Å². The molecule has 0 aromatic heterocycles. The van der Waals surface area contributed by atoms with Gasteiger partial charge in [0.05, 0.1) is 19.3 Å². The van der Waals surface area contributed by atoms with Crippen LogP contribution >= 0.6 is 0 Å². The Kier molecular flexibility index (Phi) is 7.53. The van der Waals surface area contributed by atoms with Gasteiger partial charge in [-0.3, -0.25) is 19.3 Å². The first-order valence-corrected chi connectivity index (χ1v) is 13.6. The van der Waals surface area contributed by atoms with Crippen LogP contribution in [0.5, 0.6) is 5.75 Å². The van der Waals surface area contributed by atoms with Gasteiger partial charge in [0.2, 0.25) is 17.7 Å². The number of carboxylic acid groups (broad SMARTS) is 1. The number of hydrogen-bond acceptors (Lipinski definition) is 6. The predicted molar refractivity (Wildman–Crippen MR) is 140 cm³/mol. The number of fused-ring (bicyclic) bond motifs is 2. The van der Waals surface area contributed by atoms with E-state index < -0.39 is 41.8 Å². The summed E-state index contributed by atoms with van der Waals surface area (Å²) < 4.78 is 11.9. The third kappa shape index (κ3) is 4.95. The SMILES string of the molecule is CC[C@@H](C(=O)N[C@H]1CCO[C@H]2CC3(CC=CC3)[C@@H](C(=O)N[C@H]3CCOc4ccccc43)N2C1=O)N(C)C(=O)O. The van der Waals surface area contributed by atoms with Crippen molar-refractivity contribution in [2.45, 2.75) is 75.8 Å². The fourth-order valence-corrected chi connectivity index (χ4v) is 6.48. The first-order chi connectivity index (χ1) is 18.8. The second kappa shape index (κ2) is 10.9. The van der Waals surface area contributed by atoms with E-state index in [0.717, 1.165) is 16.2 Å². The monoisotopic (exact) mass is 540 g/mol. The highest BCUT2D eigenvalue weighted by atomic mass is 16.5. The summed E-state index contributed by atoms with van der Waals surface area (Å²) in [6.45, 7) is 2.42. The van der Waals surface area contributed by atoms with Crippen LogP contribution in [0.25, 0.3) is 0 Å². The van der Waals surface area contributed by atoms with Gasteiger partial charge < -0.3 is 30.1 Å². The molecular formula is C28H36N4O7. The Morgan fingerprint density at radius 1 is 1.13 bits per heavy atom. The number of allylic oxidation sites excluding steroid dienone is 2. The van der Waals surface area contributed by atoms with Crippen molar-refractivity contribution in [1.82, 2.24) is 20.4 Å². The van der Waals surface area contributed by atoms with Crippen molar-refractivity contribution in [2.24, 2.45) is 5.41 Å². The average Bonchev–Trinajstić information content (AvgIpc) is 3.48. The molecule has 0 bridgehead atoms. The van der Waals surface area contributed by atoms with Crippen molar-refractivity contribution in [2.75, 3.05) is 20.3 Å². The zero-order valence-corrected chi connectivity index (χ0v) is 22.3. The number of amides is 4. The molecule has 3 heterocycles. The maximum atomic E-state index is 14.1. The second-order valence-electron chi connectivity index (χ2n) is 10.8. The highest BCUT2D eigenvalue weighted by Crippen LogP contribution is 2.51. The van der Waals surface area contributed by atoms with Crippen LogP contribution in [0.15, 0.2) is 36.4 Å². The van der Waals surface area contributed by atoms with Gasteiger partial charge in [-0.05, 0) is 25.3 Å². The Bertz CT molecular complexity index is 1160. The molecule has 0 saturated carbocycles. The lowest BCUT2D eigenvalue weighted by atomic mass is 9.77. The molecule has 2 fully saturated rings. The van der Waals surface area contributed by atoms with Crippen LogP contribution in [0.4, 0.5) is 4.79 Å². The minimum atomic E-state index is -1.23. The molecule has 4 aliphatic rings. The molecule has 1 aliphatic carbocycles. The molecule has 0 unspecified atom stereocenters. The Morgan fingerprint density at radius 2 is 1.85 bits per heavy atom. The number of para-hydroxylation sites is 1. The standard InChI is InChI=1S/C28H36N4O7/c1-3-20(31(2)27(36)37)24(33)30-19-11-15-39-22-16-28(12-6-7-13-28)23(32(22)26(19)35)25(34)29-18-10-14-38-21-9-5-4-8-17(18)21/h4-9,18-20,22-23H,3,10-16H2,1-2H3,(H,29,34)(H,30,33)(H,36,37)/t18-,19-,20-,22-,23+/m0/s1. The molecule has 210 valence electrons. The normalized spacial score (nSPS) is 27.6. The molecule has 5 rings (SSSR count). The number of nitrogens with one attached hydrogen (secondary N) is 2. The molecule has 11 heteroatoms. The van der Waals surface area contributed by atoms with Gasteiger partial charge in [0, 0.05) is 37.3 Å². The Labute approximate surface area is 227 Å². The van der Waals surface area contributed by atoms with Crippen molar-refractivity contribution >= 4 is 23.8 Å². The summed E-state index contributed by atoms with van der Waals surface area (Å²) in [7, 11) is 1.33. The van der Waals surface area contributed by atoms with Gasteiger partial charge in [-0.25, -0.2) is 4.79 Å². The van der Waals surface area contributed by atoms with E-state index in [9.17, 15) is 24.3 Å². The topological polar surface area (TPSA) is 138 Å². The average molecular weight is 541 g/mol. The minimum Gasteiger partial charge on any atom is -0.493 e. The summed E-state index contributed by atoms with van der Waals surface area (Å²) in [5.41, 5.74) is 0.415. The molecule has 2 saturated heterocycles. The maximum Gasteiger partial charge on any atom is 0.407 e. The van der Waals surface area contributed by atoms with E-state index in [1.54, 1.807) is 6.92 Å². The van der Waals surface area contributed by atoms with E-state index in [4.69, 9.17) is 9.47 Å². The maximum absolute atomic E-state index is 14.1. The molecule has 11 nitrogen and oxygen atoms in total. The number of rotatable bonds is 6. The number of nitrogens with zero attached hydrogens (tertiary/aromatic N) is 2. The number of benzene rings is 1. The van der Waals surface area contributed by atoms with Crippen LogP contribution in [-0.2, 0) is 19.1 Å². The van der Waals surface area contributed by atoms with E-state index >= 15 is 0 Å². The fraction of sp³-hybridized carbons (Fsp3) is 0.571. The number of carbonyl (C=O) groups excluding carboxylic acids is 3. The highest BCUT2D eigenvalue weighted by molar-refractivity contribution is 5.95. The Hall–Kier alpha value is -3.60. The molecule has 4 amide bonds. The quantitative estimate of drug-likeness (QED) is 0.471. The fourth-order valence-electron chi connectivity index (χ4n) is 6.48. The third-order valence-electron chi connectivity index (χ3n) is 8.53. The lowest BCUT2D eigenvalue weighted by molar-refractivity contribution is -0.150. The molecule has 1 spiro atoms. The van der Waals surface area contributed by atoms with Gasteiger partial charge in [0.25, 0.3) is 0 Å². The summed E-state index contributed by atoms with van der Waals surface area (Å²) in [5, 5.41) is 15.3. The van der Waals surface area contributed by atoms with Gasteiger partial charge in [-0.2, -0.15) is 0 Å². The molecule has 3 N–H and O–H groups in total. The van der Waals surface area contributed by atoms with Crippen LogP contribution in [-0.4, -0.2) is 83.3 Å². The largest absolute Gasteiger partial charge is 0.493 e. The summed E-state index contributed by atoms with van der Waals surface area (Å²) in [6, 6.07) is 4.73. The van der Waals surface area contributed by atoms with Crippen LogP contribution in [0.2, 0.25) is 0 Å². The van der Waals surface area contributed by atoms with Crippen molar-refractivity contribution in [3.05, 3.63) is 42.0 Å². The third-order valence-corrected chi connectivity index (χ3v) is 8.53. The van der Waals surface area contributed by atoms with Crippen molar-refractivity contribution in [3.63, 3.8) is 0 Å². The van der Waals surface area contributed by atoms with E-state index in [2.05, 4.69) is 10.6 Å². The van der Waals surface area contributed by atoms with Crippen molar-refractivity contribution in [1.29, 1.82) is 0 Å². The molecule has 3 aliphatic heterocycles. The zero-order chi connectivity index (χ0) is 27.7. The predicted octanol–water partition coefficient (Wildman–Crippen LogP) is 2.18. The summed E-state index contributed by atoms with van der Waals surface area (Å²) in [6.07, 6.45) is 5.21. The highest BCUT2D eigenvalue weighted by Gasteiger charge is 2.59. The Balaban J connectivity index is 1.40. The molecule has 1 aromatic carbocycles. The number of likely N-dealkylation sites (N-methyl/N-ethyl adjacent to an activating group) is 1. The second-order valence-corrected chi connectivity index (χ2v) is 10.8. The molecular weight excluding hydrogens is 504 g/mol. The molecule has 1 aromatic rings. The van der Waals surface area contributed by atoms with E-state index in [0.29, 0.717) is 32.3 Å². The first kappa shape index (κ1) is 27.0. The van der Waals surface area contributed by atoms with Crippen molar-refractivity contribution < 1.29 is 33.8 Å². The van der Waals surface area contributed by atoms with Crippen LogP contribution in [0.1, 0.15) is 57.1 Å². The van der Waals surface area contributed by atoms with E-state index in [-0.39, 0.29) is 37.3 Å². The summed E-state index contributed by atoms with van der Waals surface area (Å²) >= 11 is 0. The smallest absolute Gasteiger partial charge is 0.407 e. The molecule has 39 heavy (non-hydrogen) atoms. The lowest BCUT2D eigenvalue weighted by Gasteiger charge is -2.37. The zero-order valence-electron chi connectivity index (χ0n) is 22.3. The van der Waals surface area contributed by atoms with E-state index in [1.165, 1.54) is 11.9 Å². The van der Waals surface area contributed by atoms with Crippen LogP contribution in [0.3, 0.4) is 0 Å². The number of carbonyl (C=O) groups is 4. The number of hydrogen-bond donors (Lipinski definition) is 3. The van der Waals surface area contributed by atoms with Crippen LogP contribution in [0, 0.1) is 5.41 Å². The Morgan fingerprint density at radius 3 is 2.56 bits per heavy atom. The number of ether oxygens (including phenoxy) is 2. The van der Waals surface area contributed by atoms with E-state index in [1.807, 2.05) is 36.4 Å². The van der Waals surface area contributed by atoms with Gasteiger partial charge in [0.15, 0.2) is 0 Å². The lowest BCUT2D eigenvalue weighted by Crippen LogP contribution is -2.59. The minimum absolute atomic E-state index is 0.231. The van der Waals surface area contributed by atoms with Gasteiger partial charge in [-0.15, -0.1) is 0 Å². The summed E-state index contributed by atoms with van der Waals surface area (Å²) in [4.78, 5) is 55.0. The van der Waals surface area contributed by atoms with Gasteiger partial charge in [0.1, 0.15) is 30.1 Å². The van der Waals surface area contributed by atoms with Gasteiger partial charge in [-0.1, -0.05) is 37.3 Å². The van der Waals surface area contributed by atoms with Crippen molar-refractivity contribution in [3.8, 4) is 5.75 Å². The van der Waals surface area contributed by atoms with Crippen LogP contribution < -0.4 is 15.4 Å². The molecule has 0 radical (unpaired) electrons. The molecule has 5 atom stereocenters. The summed E-state index contributed by atoms with van der Waals surface area (Å²) in [5.74, 6) is -0.432. The first-order valence-electron chi connectivity index (χ1n) is 13.6.